The Morgan fingerprint density at radius 3 is 2.52 bits per heavy atom. The van der Waals surface area contributed by atoms with Crippen LogP contribution in [0.2, 0.25) is 0 Å². The molecule has 0 saturated carbocycles. The van der Waals surface area contributed by atoms with Gasteiger partial charge < -0.3 is 14.5 Å². The van der Waals surface area contributed by atoms with Gasteiger partial charge in [-0.05, 0) is 49.7 Å². The highest BCUT2D eigenvalue weighted by Crippen LogP contribution is 2.22. The molecule has 1 atom stereocenters. The Morgan fingerprint density at radius 2 is 1.84 bits per heavy atom. The number of furan rings is 1. The highest BCUT2D eigenvalue weighted by atomic mass is 19.3. The molecule has 0 saturated heterocycles. The number of fused-ring (bicyclic) bond motifs is 1. The maximum Gasteiger partial charge on any atom is 0.387 e. The maximum absolute atomic E-state index is 12.4. The molecule has 1 amide bonds. The molecule has 1 unspecified atom stereocenters. The van der Waals surface area contributed by atoms with Gasteiger partial charge in [-0.25, -0.2) is 0 Å². The summed E-state index contributed by atoms with van der Waals surface area (Å²) in [6, 6.07) is 13.2. The molecule has 130 valence electrons. The summed E-state index contributed by atoms with van der Waals surface area (Å²) >= 11 is 0. The predicted octanol–water partition coefficient (Wildman–Crippen LogP) is 4.83. The molecule has 3 rings (SSSR count). The second kappa shape index (κ2) is 6.93. The number of amides is 1. The molecule has 0 aliphatic carbocycles. The lowest BCUT2D eigenvalue weighted by molar-refractivity contribution is -0.0498. The van der Waals surface area contributed by atoms with Gasteiger partial charge in [-0.1, -0.05) is 23.8 Å². The van der Waals surface area contributed by atoms with E-state index in [2.05, 4.69) is 10.1 Å². The maximum atomic E-state index is 12.4. The first kappa shape index (κ1) is 17.0. The predicted molar refractivity (Wildman–Crippen MR) is 89.9 cm³/mol. The van der Waals surface area contributed by atoms with Crippen molar-refractivity contribution in [2.24, 2.45) is 0 Å². The van der Waals surface area contributed by atoms with Crippen LogP contribution in [0.3, 0.4) is 0 Å². The van der Waals surface area contributed by atoms with Crippen molar-refractivity contribution in [1.29, 1.82) is 0 Å². The zero-order valence-electron chi connectivity index (χ0n) is 13.8. The molecule has 0 fully saturated rings. The average Bonchev–Trinajstić information content (AvgIpc) is 2.98. The third-order valence-corrected chi connectivity index (χ3v) is 3.85. The summed E-state index contributed by atoms with van der Waals surface area (Å²) in [6.45, 7) is 0.906. The minimum atomic E-state index is -2.86. The second-order valence-electron chi connectivity index (χ2n) is 5.79. The summed E-state index contributed by atoms with van der Waals surface area (Å²) in [5, 5.41) is 3.69. The minimum Gasteiger partial charge on any atom is -0.451 e. The third-order valence-electron chi connectivity index (χ3n) is 3.85. The van der Waals surface area contributed by atoms with Crippen LogP contribution in [0.15, 0.2) is 52.9 Å². The van der Waals surface area contributed by atoms with Crippen molar-refractivity contribution in [3.8, 4) is 5.75 Å². The number of ether oxygens (including phenoxy) is 1. The van der Waals surface area contributed by atoms with Gasteiger partial charge in [0.25, 0.3) is 5.91 Å². The van der Waals surface area contributed by atoms with Crippen molar-refractivity contribution in [2.45, 2.75) is 26.5 Å². The Hall–Kier alpha value is -2.89. The number of benzene rings is 2. The smallest absolute Gasteiger partial charge is 0.387 e. The Labute approximate surface area is 143 Å². The normalized spacial score (nSPS) is 12.4. The van der Waals surface area contributed by atoms with Gasteiger partial charge in [0.05, 0.1) is 6.04 Å². The van der Waals surface area contributed by atoms with Crippen molar-refractivity contribution in [1.82, 2.24) is 5.32 Å². The van der Waals surface area contributed by atoms with Gasteiger partial charge in [0.15, 0.2) is 5.76 Å². The fourth-order valence-electron chi connectivity index (χ4n) is 2.56. The van der Waals surface area contributed by atoms with E-state index in [-0.39, 0.29) is 23.5 Å². The first-order chi connectivity index (χ1) is 11.9. The number of carbonyl (C=O) groups excluding carboxylic acids is 1. The van der Waals surface area contributed by atoms with Crippen LogP contribution < -0.4 is 10.1 Å². The van der Waals surface area contributed by atoms with Crippen molar-refractivity contribution < 1.29 is 22.7 Å². The van der Waals surface area contributed by atoms with E-state index in [1.165, 1.54) is 12.1 Å². The molecule has 0 bridgehead atoms. The molecule has 0 radical (unpaired) electrons. The van der Waals surface area contributed by atoms with Crippen molar-refractivity contribution in [3.05, 3.63) is 65.4 Å². The van der Waals surface area contributed by atoms with Crippen LogP contribution in [0.1, 0.15) is 34.6 Å². The summed E-state index contributed by atoms with van der Waals surface area (Å²) in [5.41, 5.74) is 2.50. The molecule has 0 aliphatic rings. The number of aryl methyl sites for hydroxylation is 1. The highest BCUT2D eigenvalue weighted by Gasteiger charge is 2.16. The standard InChI is InChI=1S/C19H17F2NO3/c1-11-3-8-16-14(9-11)10-17(25-16)18(23)22-12(2)13-4-6-15(7-5-13)24-19(20)21/h3-10,12,19H,1-2H3,(H,22,23). The van der Waals surface area contributed by atoms with Crippen LogP contribution in [0, 0.1) is 6.92 Å². The lowest BCUT2D eigenvalue weighted by Crippen LogP contribution is -2.26. The molecule has 1 N–H and O–H groups in total. The van der Waals surface area contributed by atoms with Gasteiger partial charge in [0.2, 0.25) is 0 Å². The number of alkyl halides is 2. The zero-order chi connectivity index (χ0) is 18.0. The molecule has 4 nitrogen and oxygen atoms in total. The Bertz CT molecular complexity index is 887. The third kappa shape index (κ3) is 3.96. The lowest BCUT2D eigenvalue weighted by atomic mass is 10.1. The fraction of sp³-hybridized carbons (Fsp3) is 0.211. The van der Waals surface area contributed by atoms with Gasteiger partial charge in [0, 0.05) is 5.39 Å². The summed E-state index contributed by atoms with van der Waals surface area (Å²) in [5.74, 6) is -0.0377. The van der Waals surface area contributed by atoms with E-state index in [9.17, 15) is 13.6 Å². The fourth-order valence-corrected chi connectivity index (χ4v) is 2.56. The van der Waals surface area contributed by atoms with Gasteiger partial charge >= 0.3 is 6.61 Å². The van der Waals surface area contributed by atoms with Gasteiger partial charge in [-0.15, -0.1) is 0 Å². The van der Waals surface area contributed by atoms with E-state index in [0.717, 1.165) is 16.5 Å². The molecule has 0 spiro atoms. The lowest BCUT2D eigenvalue weighted by Gasteiger charge is -2.14. The number of hydrogen-bond acceptors (Lipinski definition) is 3. The topological polar surface area (TPSA) is 51.5 Å². The molecule has 25 heavy (non-hydrogen) atoms. The van der Waals surface area contributed by atoms with Crippen molar-refractivity contribution >= 4 is 16.9 Å². The molecule has 1 heterocycles. The van der Waals surface area contributed by atoms with Gasteiger partial charge in [-0.2, -0.15) is 8.78 Å². The number of rotatable bonds is 5. The largest absolute Gasteiger partial charge is 0.451 e. The van der Waals surface area contributed by atoms with E-state index >= 15 is 0 Å². The summed E-state index contributed by atoms with van der Waals surface area (Å²) in [4.78, 5) is 12.4. The highest BCUT2D eigenvalue weighted by molar-refractivity contribution is 5.96. The minimum absolute atomic E-state index is 0.0740. The van der Waals surface area contributed by atoms with E-state index in [4.69, 9.17) is 4.42 Å². The number of carbonyl (C=O) groups is 1. The van der Waals surface area contributed by atoms with E-state index in [1.54, 1.807) is 25.1 Å². The molecule has 1 aromatic heterocycles. The SMILES string of the molecule is Cc1ccc2oc(C(=O)NC(C)c3ccc(OC(F)F)cc3)cc2c1. The van der Waals surface area contributed by atoms with E-state index in [0.29, 0.717) is 5.58 Å². The first-order valence-electron chi connectivity index (χ1n) is 7.78. The molecular weight excluding hydrogens is 328 g/mol. The average molecular weight is 345 g/mol. The van der Waals surface area contributed by atoms with Crippen LogP contribution >= 0.6 is 0 Å². The zero-order valence-corrected chi connectivity index (χ0v) is 13.8. The Morgan fingerprint density at radius 1 is 1.12 bits per heavy atom. The summed E-state index contributed by atoms with van der Waals surface area (Å²) in [7, 11) is 0. The van der Waals surface area contributed by atoms with Crippen LogP contribution in [-0.2, 0) is 0 Å². The molecule has 0 aliphatic heterocycles. The summed E-state index contributed by atoms with van der Waals surface area (Å²) < 4.78 is 34.2. The number of hydrogen-bond donors (Lipinski definition) is 1. The van der Waals surface area contributed by atoms with E-state index in [1.807, 2.05) is 25.1 Å². The molecule has 3 aromatic rings. The van der Waals surface area contributed by atoms with Crippen molar-refractivity contribution in [2.75, 3.05) is 0 Å². The Kier molecular flexibility index (Phi) is 4.70. The monoisotopic (exact) mass is 345 g/mol. The van der Waals surface area contributed by atoms with Gasteiger partial charge in [0.1, 0.15) is 11.3 Å². The van der Waals surface area contributed by atoms with Crippen LogP contribution in [0.5, 0.6) is 5.75 Å². The second-order valence-corrected chi connectivity index (χ2v) is 5.79. The van der Waals surface area contributed by atoms with Crippen LogP contribution in [-0.4, -0.2) is 12.5 Å². The summed E-state index contributed by atoms with van der Waals surface area (Å²) in [6.07, 6.45) is 0. The number of nitrogens with one attached hydrogen (secondary N) is 1. The van der Waals surface area contributed by atoms with Gasteiger partial charge in [-0.3, -0.25) is 4.79 Å². The van der Waals surface area contributed by atoms with Crippen molar-refractivity contribution in [3.63, 3.8) is 0 Å². The molecule has 6 heteroatoms. The quantitative estimate of drug-likeness (QED) is 0.720. The first-order valence-corrected chi connectivity index (χ1v) is 7.78. The molecular formula is C19H17F2NO3. The van der Waals surface area contributed by atoms with E-state index < -0.39 is 6.61 Å². The molecule has 2 aromatic carbocycles. The number of halogens is 2. The van der Waals surface area contributed by atoms with Crippen LogP contribution in [0.25, 0.3) is 11.0 Å². The van der Waals surface area contributed by atoms with Crippen LogP contribution in [0.4, 0.5) is 8.78 Å². The Balaban J connectivity index is 1.70.